The predicted molar refractivity (Wildman–Crippen MR) is 75.2 cm³/mol. The van der Waals surface area contributed by atoms with Gasteiger partial charge < -0.3 is 5.32 Å². The first kappa shape index (κ1) is 15.9. The van der Waals surface area contributed by atoms with Crippen molar-refractivity contribution in [2.45, 2.75) is 12.7 Å². The lowest BCUT2D eigenvalue weighted by Gasteiger charge is -2.12. The number of rotatable bonds is 3. The summed E-state index contributed by atoms with van der Waals surface area (Å²) in [4.78, 5) is 0. The Balaban J connectivity index is 2.20. The van der Waals surface area contributed by atoms with Gasteiger partial charge >= 0.3 is 6.18 Å². The molecule has 1 N–H and O–H groups in total. The van der Waals surface area contributed by atoms with Gasteiger partial charge in [0, 0.05) is 11.6 Å². The Kier molecular flexibility index (Phi) is 4.64. The zero-order valence-corrected chi connectivity index (χ0v) is 12.0. The van der Waals surface area contributed by atoms with Crippen molar-refractivity contribution >= 4 is 28.9 Å². The molecule has 0 bridgehead atoms. The van der Waals surface area contributed by atoms with Gasteiger partial charge in [-0.3, -0.25) is 0 Å². The van der Waals surface area contributed by atoms with Crippen molar-refractivity contribution in [3.63, 3.8) is 0 Å². The second-order valence-corrected chi connectivity index (χ2v) is 5.17. The minimum Gasteiger partial charge on any atom is -0.380 e. The second-order valence-electron chi connectivity index (χ2n) is 4.32. The lowest BCUT2D eigenvalue weighted by molar-refractivity contribution is -0.137. The highest BCUT2D eigenvalue weighted by Crippen LogP contribution is 2.31. The molecule has 0 radical (unpaired) electrons. The molecule has 0 saturated heterocycles. The molecule has 2 aromatic rings. The number of halogens is 6. The number of anilines is 1. The third-order valence-electron chi connectivity index (χ3n) is 2.70. The maximum absolute atomic E-state index is 13.3. The van der Waals surface area contributed by atoms with E-state index in [9.17, 15) is 17.6 Å². The molecule has 0 aliphatic rings. The molecule has 0 fully saturated rings. The first-order valence-electron chi connectivity index (χ1n) is 5.81. The fraction of sp³-hybridized carbons (Fsp3) is 0.143. The molecule has 2 rings (SSSR count). The van der Waals surface area contributed by atoms with Crippen LogP contribution < -0.4 is 5.32 Å². The molecular weight excluding hydrogens is 329 g/mol. The largest absolute Gasteiger partial charge is 0.416 e. The molecule has 112 valence electrons. The summed E-state index contributed by atoms with van der Waals surface area (Å²) in [5.74, 6) is -0.946. The van der Waals surface area contributed by atoms with Crippen LogP contribution in [0.2, 0.25) is 10.0 Å². The van der Waals surface area contributed by atoms with Crippen molar-refractivity contribution in [2.24, 2.45) is 0 Å². The first-order chi connectivity index (χ1) is 9.75. The molecule has 0 amide bonds. The Bertz CT molecular complexity index is 656. The van der Waals surface area contributed by atoms with Gasteiger partial charge in [-0.1, -0.05) is 23.2 Å². The zero-order chi connectivity index (χ0) is 15.6. The van der Waals surface area contributed by atoms with Gasteiger partial charge in [0.2, 0.25) is 0 Å². The fourth-order valence-electron chi connectivity index (χ4n) is 1.75. The van der Waals surface area contributed by atoms with Crippen LogP contribution in [-0.4, -0.2) is 0 Å². The summed E-state index contributed by atoms with van der Waals surface area (Å²) in [6.07, 6.45) is -4.59. The van der Waals surface area contributed by atoms with Gasteiger partial charge in [-0.15, -0.1) is 0 Å². The lowest BCUT2D eigenvalue weighted by atomic mass is 10.1. The van der Waals surface area contributed by atoms with Gasteiger partial charge in [-0.25, -0.2) is 4.39 Å². The van der Waals surface area contributed by atoms with Crippen LogP contribution in [0.4, 0.5) is 23.2 Å². The van der Waals surface area contributed by atoms with Gasteiger partial charge in [0.15, 0.2) is 0 Å². The highest BCUT2D eigenvalue weighted by molar-refractivity contribution is 6.35. The van der Waals surface area contributed by atoms with E-state index in [1.54, 1.807) is 12.1 Å². The molecule has 1 nitrogen and oxygen atoms in total. The molecule has 21 heavy (non-hydrogen) atoms. The summed E-state index contributed by atoms with van der Waals surface area (Å²) in [6, 6.07) is 7.04. The third kappa shape index (κ3) is 4.25. The monoisotopic (exact) mass is 337 g/mol. The molecule has 0 saturated carbocycles. The van der Waals surface area contributed by atoms with Gasteiger partial charge in [0.1, 0.15) is 5.82 Å². The highest BCUT2D eigenvalue weighted by atomic mass is 35.5. The number of hydrogen-bond acceptors (Lipinski definition) is 1. The van der Waals surface area contributed by atoms with Gasteiger partial charge in [0.25, 0.3) is 0 Å². The highest BCUT2D eigenvalue weighted by Gasteiger charge is 2.31. The van der Waals surface area contributed by atoms with Crippen LogP contribution in [0, 0.1) is 5.82 Å². The summed E-state index contributed by atoms with van der Waals surface area (Å²) in [5.41, 5.74) is -0.420. The van der Waals surface area contributed by atoms with Crippen LogP contribution in [0.3, 0.4) is 0 Å². The number of hydrogen-bond donors (Lipinski definition) is 1. The molecule has 0 atom stereocenters. The Morgan fingerprint density at radius 1 is 1.00 bits per heavy atom. The first-order valence-corrected chi connectivity index (χ1v) is 6.57. The molecule has 0 unspecified atom stereocenters. The maximum Gasteiger partial charge on any atom is 0.416 e. The molecule has 0 aliphatic carbocycles. The SMILES string of the molecule is Fc1cc(CNc2cc(Cl)ccc2Cl)cc(C(F)(F)F)c1. The van der Waals surface area contributed by atoms with Gasteiger partial charge in [-0.2, -0.15) is 13.2 Å². The van der Waals surface area contributed by atoms with E-state index in [1.165, 1.54) is 6.07 Å². The Morgan fingerprint density at radius 3 is 2.38 bits per heavy atom. The summed E-state index contributed by atoms with van der Waals surface area (Å²) in [7, 11) is 0. The minimum absolute atomic E-state index is 0.0130. The van der Waals surface area contributed by atoms with E-state index in [1.807, 2.05) is 0 Å². The van der Waals surface area contributed by atoms with Gasteiger partial charge in [0.05, 0.1) is 16.3 Å². The number of benzene rings is 2. The molecule has 0 heterocycles. The van der Waals surface area contributed by atoms with Crippen molar-refractivity contribution in [1.29, 1.82) is 0 Å². The Morgan fingerprint density at radius 2 is 1.71 bits per heavy atom. The van der Waals surface area contributed by atoms with E-state index in [2.05, 4.69) is 5.32 Å². The van der Waals surface area contributed by atoms with E-state index in [-0.39, 0.29) is 12.1 Å². The van der Waals surface area contributed by atoms with E-state index in [0.717, 1.165) is 12.1 Å². The lowest BCUT2D eigenvalue weighted by Crippen LogP contribution is -2.08. The third-order valence-corrected chi connectivity index (χ3v) is 3.26. The minimum atomic E-state index is -4.59. The van der Waals surface area contributed by atoms with Gasteiger partial charge in [-0.05, 0) is 42.0 Å². The fourth-order valence-corrected chi connectivity index (χ4v) is 2.10. The van der Waals surface area contributed by atoms with E-state index in [4.69, 9.17) is 23.2 Å². The summed E-state index contributed by atoms with van der Waals surface area (Å²) in [5, 5.41) is 3.62. The molecule has 2 aromatic carbocycles. The molecule has 0 spiro atoms. The average Bonchev–Trinajstić information content (AvgIpc) is 2.38. The van der Waals surface area contributed by atoms with Crippen LogP contribution in [0.25, 0.3) is 0 Å². The predicted octanol–water partition coefficient (Wildman–Crippen LogP) is 5.76. The Labute approximate surface area is 128 Å². The van der Waals surface area contributed by atoms with Crippen molar-refractivity contribution in [3.05, 3.63) is 63.4 Å². The van der Waals surface area contributed by atoms with E-state index >= 15 is 0 Å². The standard InChI is InChI=1S/C14H9Cl2F4N/c15-10-1-2-12(16)13(6-10)21-7-8-3-9(14(18,19)20)5-11(17)4-8/h1-6,21H,7H2. The van der Waals surface area contributed by atoms with Crippen LogP contribution in [0.1, 0.15) is 11.1 Å². The van der Waals surface area contributed by atoms with Crippen LogP contribution >= 0.6 is 23.2 Å². The van der Waals surface area contributed by atoms with Crippen molar-refractivity contribution in [3.8, 4) is 0 Å². The number of nitrogens with one attached hydrogen (secondary N) is 1. The second kappa shape index (κ2) is 6.12. The summed E-state index contributed by atoms with van der Waals surface area (Å²) >= 11 is 11.7. The topological polar surface area (TPSA) is 12.0 Å². The number of alkyl halides is 3. The summed E-state index contributed by atoms with van der Waals surface area (Å²) in [6.45, 7) is -0.0130. The van der Waals surface area contributed by atoms with E-state index < -0.39 is 17.6 Å². The average molecular weight is 338 g/mol. The molecule has 0 aliphatic heterocycles. The van der Waals surface area contributed by atoms with Crippen molar-refractivity contribution < 1.29 is 17.6 Å². The van der Waals surface area contributed by atoms with Crippen molar-refractivity contribution in [1.82, 2.24) is 0 Å². The normalized spacial score (nSPS) is 11.5. The van der Waals surface area contributed by atoms with Crippen LogP contribution in [-0.2, 0) is 12.7 Å². The smallest absolute Gasteiger partial charge is 0.380 e. The zero-order valence-electron chi connectivity index (χ0n) is 10.4. The Hall–Kier alpha value is -1.46. The quantitative estimate of drug-likeness (QED) is 0.701. The van der Waals surface area contributed by atoms with Crippen LogP contribution in [0.15, 0.2) is 36.4 Å². The molecule has 0 aromatic heterocycles. The molecule has 7 heteroatoms. The summed E-state index contributed by atoms with van der Waals surface area (Å²) < 4.78 is 51.1. The van der Waals surface area contributed by atoms with Crippen LogP contribution in [0.5, 0.6) is 0 Å². The molecular formula is C14H9Cl2F4N. The van der Waals surface area contributed by atoms with Crippen molar-refractivity contribution in [2.75, 3.05) is 5.32 Å². The maximum atomic E-state index is 13.3. The van der Waals surface area contributed by atoms with E-state index in [0.29, 0.717) is 21.8 Å².